The summed E-state index contributed by atoms with van der Waals surface area (Å²) < 4.78 is 5.49. The third kappa shape index (κ3) is 53.4. The normalized spacial score (nSPS) is 12.8. The minimum Gasteiger partial charge on any atom is -0.466 e. The number of nitrogens with one attached hydrogen (secondary N) is 1. The van der Waals surface area contributed by atoms with Crippen molar-refractivity contribution >= 4 is 11.9 Å². The molecule has 0 aliphatic heterocycles. The van der Waals surface area contributed by atoms with Gasteiger partial charge in [0, 0.05) is 12.8 Å². The third-order valence-corrected chi connectivity index (χ3v) is 13.9. The Kier molecular flexibility index (Phi) is 56.0. The van der Waals surface area contributed by atoms with Crippen LogP contribution in [0, 0.1) is 0 Å². The lowest BCUT2D eigenvalue weighted by Crippen LogP contribution is -2.45. The van der Waals surface area contributed by atoms with Crippen molar-refractivity contribution in [2.24, 2.45) is 0 Å². The largest absolute Gasteiger partial charge is 0.466 e. The first-order valence-corrected chi connectivity index (χ1v) is 30.2. The lowest BCUT2D eigenvalue weighted by Gasteiger charge is -2.22. The van der Waals surface area contributed by atoms with Gasteiger partial charge in [0.1, 0.15) is 0 Å². The van der Waals surface area contributed by atoms with Crippen molar-refractivity contribution in [1.29, 1.82) is 0 Å². The van der Waals surface area contributed by atoms with Gasteiger partial charge in [-0.3, -0.25) is 9.59 Å². The molecular weight excluding hydrogens is 839 g/mol. The van der Waals surface area contributed by atoms with Crippen molar-refractivity contribution in [3.8, 4) is 0 Å². The minimum atomic E-state index is -0.668. The van der Waals surface area contributed by atoms with E-state index in [1.54, 1.807) is 0 Å². The van der Waals surface area contributed by atoms with E-state index in [9.17, 15) is 19.8 Å². The maximum absolute atomic E-state index is 12.4. The molecule has 2 unspecified atom stereocenters. The number of rotatable bonds is 56. The Hall–Kier alpha value is -1.92. The molecule has 3 N–H and O–H groups in total. The molecule has 0 fully saturated rings. The Morgan fingerprint density at radius 3 is 1.16 bits per heavy atom. The molecule has 1 amide bonds. The first-order valence-electron chi connectivity index (χ1n) is 30.2. The van der Waals surface area contributed by atoms with Gasteiger partial charge in [0.25, 0.3) is 0 Å². The van der Waals surface area contributed by atoms with E-state index in [-0.39, 0.29) is 18.5 Å². The quantitative estimate of drug-likeness (QED) is 0.0321. The molecular formula is C62H117NO5. The van der Waals surface area contributed by atoms with Crippen LogP contribution in [0.2, 0.25) is 0 Å². The van der Waals surface area contributed by atoms with Crippen molar-refractivity contribution in [3.63, 3.8) is 0 Å². The molecule has 0 aliphatic carbocycles. The Labute approximate surface area is 424 Å². The summed E-state index contributed by atoms with van der Waals surface area (Å²) in [5.41, 5.74) is 0. The Morgan fingerprint density at radius 2 is 0.735 bits per heavy atom. The number of unbranched alkanes of at least 4 members (excludes halogenated alkanes) is 39. The number of allylic oxidation sites excluding steroid dienone is 6. The maximum atomic E-state index is 12.4. The molecule has 0 saturated carbocycles. The van der Waals surface area contributed by atoms with Crippen molar-refractivity contribution in [2.45, 2.75) is 334 Å². The van der Waals surface area contributed by atoms with E-state index in [0.29, 0.717) is 25.9 Å². The zero-order valence-electron chi connectivity index (χ0n) is 45.6. The van der Waals surface area contributed by atoms with Crippen LogP contribution in [-0.2, 0) is 14.3 Å². The smallest absolute Gasteiger partial charge is 0.305 e. The molecule has 0 radical (unpaired) electrons. The van der Waals surface area contributed by atoms with Crippen LogP contribution in [-0.4, -0.2) is 47.4 Å². The van der Waals surface area contributed by atoms with Gasteiger partial charge in [-0.05, 0) is 83.5 Å². The first kappa shape index (κ1) is 66.1. The van der Waals surface area contributed by atoms with Crippen LogP contribution in [0.1, 0.15) is 322 Å². The SMILES string of the molecule is CCCCC/C=C\C/C=C\CCCCCCCCCCCC(=O)OCCCCCCCCCCCC/C=C\CCCCCCCCCC(=O)NC(CO)C(O)CCCCCCCCCCCCC. The fourth-order valence-electron chi connectivity index (χ4n) is 9.25. The van der Waals surface area contributed by atoms with Crippen LogP contribution in [0.15, 0.2) is 36.5 Å². The van der Waals surface area contributed by atoms with Crippen LogP contribution in [0.25, 0.3) is 0 Å². The molecule has 6 nitrogen and oxygen atoms in total. The molecule has 2 atom stereocenters. The molecule has 0 aromatic rings. The lowest BCUT2D eigenvalue weighted by atomic mass is 10.0. The maximum Gasteiger partial charge on any atom is 0.305 e. The number of carbonyl (C=O) groups is 2. The van der Waals surface area contributed by atoms with Gasteiger partial charge in [-0.1, -0.05) is 262 Å². The molecule has 0 saturated heterocycles. The highest BCUT2D eigenvalue weighted by atomic mass is 16.5. The summed E-state index contributed by atoms with van der Waals surface area (Å²) in [7, 11) is 0. The highest BCUT2D eigenvalue weighted by molar-refractivity contribution is 5.76. The highest BCUT2D eigenvalue weighted by Crippen LogP contribution is 2.17. The summed E-state index contributed by atoms with van der Waals surface area (Å²) >= 11 is 0. The molecule has 0 spiro atoms. The zero-order chi connectivity index (χ0) is 49.3. The third-order valence-electron chi connectivity index (χ3n) is 13.9. The van der Waals surface area contributed by atoms with Crippen molar-refractivity contribution in [1.82, 2.24) is 5.32 Å². The number of ether oxygens (including phenoxy) is 1. The van der Waals surface area contributed by atoms with Gasteiger partial charge < -0.3 is 20.3 Å². The molecule has 6 heteroatoms. The minimum absolute atomic E-state index is 0.00434. The molecule has 0 rings (SSSR count). The number of esters is 1. The first-order chi connectivity index (χ1) is 33.5. The van der Waals surface area contributed by atoms with E-state index in [1.807, 2.05) is 0 Å². The Morgan fingerprint density at radius 1 is 0.412 bits per heavy atom. The van der Waals surface area contributed by atoms with Crippen molar-refractivity contribution < 1.29 is 24.5 Å². The van der Waals surface area contributed by atoms with Crippen molar-refractivity contribution in [2.75, 3.05) is 13.2 Å². The Balaban J connectivity index is 3.39. The van der Waals surface area contributed by atoms with Gasteiger partial charge in [0.2, 0.25) is 5.91 Å². The number of aliphatic hydroxyl groups is 2. The van der Waals surface area contributed by atoms with Gasteiger partial charge in [-0.15, -0.1) is 0 Å². The van der Waals surface area contributed by atoms with Gasteiger partial charge in [0.05, 0.1) is 25.4 Å². The van der Waals surface area contributed by atoms with Gasteiger partial charge in [-0.2, -0.15) is 0 Å². The predicted molar refractivity (Wildman–Crippen MR) is 296 cm³/mol. The second-order valence-electron chi connectivity index (χ2n) is 20.7. The second-order valence-corrected chi connectivity index (χ2v) is 20.7. The molecule has 0 heterocycles. The number of hydrogen-bond acceptors (Lipinski definition) is 5. The van der Waals surface area contributed by atoms with E-state index >= 15 is 0 Å². The van der Waals surface area contributed by atoms with E-state index in [4.69, 9.17) is 4.74 Å². The van der Waals surface area contributed by atoms with Crippen LogP contribution < -0.4 is 5.32 Å². The Bertz CT molecular complexity index is 1100. The number of carbonyl (C=O) groups excluding carboxylic acids is 2. The molecule has 68 heavy (non-hydrogen) atoms. The molecule has 400 valence electrons. The predicted octanol–water partition coefficient (Wildman–Crippen LogP) is 18.8. The van der Waals surface area contributed by atoms with E-state index in [0.717, 1.165) is 51.4 Å². The summed E-state index contributed by atoms with van der Waals surface area (Å²) in [4.78, 5) is 24.5. The fourth-order valence-corrected chi connectivity index (χ4v) is 9.25. The van der Waals surface area contributed by atoms with Gasteiger partial charge in [-0.25, -0.2) is 0 Å². The van der Waals surface area contributed by atoms with E-state index < -0.39 is 12.1 Å². The monoisotopic (exact) mass is 956 g/mol. The fraction of sp³-hybridized carbons (Fsp3) is 0.871. The zero-order valence-corrected chi connectivity index (χ0v) is 45.6. The van der Waals surface area contributed by atoms with Crippen molar-refractivity contribution in [3.05, 3.63) is 36.5 Å². The highest BCUT2D eigenvalue weighted by Gasteiger charge is 2.20. The van der Waals surface area contributed by atoms with Crippen LogP contribution in [0.3, 0.4) is 0 Å². The van der Waals surface area contributed by atoms with Crippen LogP contribution in [0.5, 0.6) is 0 Å². The van der Waals surface area contributed by atoms with Crippen LogP contribution >= 0.6 is 0 Å². The molecule has 0 bridgehead atoms. The van der Waals surface area contributed by atoms with E-state index in [1.165, 1.54) is 238 Å². The molecule has 0 aliphatic rings. The summed E-state index contributed by atoms with van der Waals surface area (Å²) in [5.74, 6) is -0.0393. The molecule has 0 aromatic carbocycles. The number of aliphatic hydroxyl groups excluding tert-OH is 2. The lowest BCUT2D eigenvalue weighted by molar-refractivity contribution is -0.143. The standard InChI is InChI=1S/C62H117NO5/c1-3-5-7-9-11-13-15-16-17-18-22-26-29-32-36-40-44-48-52-56-62(67)68-57-53-49-45-41-37-33-30-27-24-21-19-20-23-25-28-31-35-39-43-47-51-55-61(66)63-59(58-64)60(65)54-50-46-42-38-34-14-12-10-8-6-4-2/h11,13,16-17,20,23,59-60,64-65H,3-10,12,14-15,18-19,21-22,24-58H2,1-2H3,(H,63,66)/b13-11-,17-16-,23-20-. The average molecular weight is 957 g/mol. The topological polar surface area (TPSA) is 95.9 Å². The summed E-state index contributed by atoms with van der Waals surface area (Å²) in [6, 6.07) is -0.546. The van der Waals surface area contributed by atoms with Gasteiger partial charge in [0.15, 0.2) is 0 Å². The van der Waals surface area contributed by atoms with E-state index in [2.05, 4.69) is 55.6 Å². The number of hydrogen-bond donors (Lipinski definition) is 3. The second kappa shape index (κ2) is 57.7. The summed E-state index contributed by atoms with van der Waals surface area (Å²) in [6.45, 7) is 4.92. The average Bonchev–Trinajstić information content (AvgIpc) is 3.34. The number of amides is 1. The van der Waals surface area contributed by atoms with Gasteiger partial charge >= 0.3 is 5.97 Å². The molecule has 0 aromatic heterocycles. The summed E-state index contributed by atoms with van der Waals surface area (Å²) in [6.07, 6.45) is 71.5. The van der Waals surface area contributed by atoms with Crippen LogP contribution in [0.4, 0.5) is 0 Å². The summed E-state index contributed by atoms with van der Waals surface area (Å²) in [5, 5.41) is 23.2.